The molecule has 0 aromatic carbocycles. The van der Waals surface area contributed by atoms with Crippen LogP contribution in [-0.2, 0) is 5.88 Å². The van der Waals surface area contributed by atoms with Crippen molar-refractivity contribution in [1.29, 1.82) is 0 Å². The van der Waals surface area contributed by atoms with Gasteiger partial charge in [-0.05, 0) is 25.0 Å². The van der Waals surface area contributed by atoms with Gasteiger partial charge in [-0.3, -0.25) is 0 Å². The highest BCUT2D eigenvalue weighted by molar-refractivity contribution is 6.32. The first-order valence-corrected chi connectivity index (χ1v) is 5.69. The number of alkyl halides is 1. The molecule has 1 aromatic rings. The van der Waals surface area contributed by atoms with E-state index in [4.69, 9.17) is 23.2 Å². The first kappa shape index (κ1) is 10.1. The third-order valence-electron chi connectivity index (χ3n) is 2.46. The SMILES string of the molecule is ClCc1nc(N2CCCC2)ccc1Cl. The Morgan fingerprint density at radius 2 is 2.00 bits per heavy atom. The van der Waals surface area contributed by atoms with E-state index in [2.05, 4.69) is 9.88 Å². The first-order valence-electron chi connectivity index (χ1n) is 4.77. The Bertz CT molecular complexity index is 322. The summed E-state index contributed by atoms with van der Waals surface area (Å²) >= 11 is 11.7. The van der Waals surface area contributed by atoms with Gasteiger partial charge in [0, 0.05) is 13.1 Å². The lowest BCUT2D eigenvalue weighted by atomic mass is 10.3. The zero-order valence-corrected chi connectivity index (χ0v) is 9.35. The predicted octanol–water partition coefficient (Wildman–Crippen LogP) is 3.07. The maximum absolute atomic E-state index is 5.94. The number of pyridine rings is 1. The second kappa shape index (κ2) is 4.37. The largest absolute Gasteiger partial charge is 0.357 e. The molecule has 2 nitrogen and oxygen atoms in total. The summed E-state index contributed by atoms with van der Waals surface area (Å²) in [5, 5.41) is 0.656. The van der Waals surface area contributed by atoms with Gasteiger partial charge in [-0.2, -0.15) is 0 Å². The lowest BCUT2D eigenvalue weighted by Crippen LogP contribution is -2.19. The number of hydrogen-bond acceptors (Lipinski definition) is 2. The minimum atomic E-state index is 0.376. The summed E-state index contributed by atoms with van der Waals surface area (Å²) in [5.74, 6) is 1.38. The second-order valence-electron chi connectivity index (χ2n) is 3.43. The maximum Gasteiger partial charge on any atom is 0.128 e. The molecule has 0 amide bonds. The molecule has 0 atom stereocenters. The normalized spacial score (nSPS) is 16.3. The van der Waals surface area contributed by atoms with Crippen molar-refractivity contribution in [1.82, 2.24) is 4.98 Å². The van der Waals surface area contributed by atoms with Gasteiger partial charge in [-0.15, -0.1) is 11.6 Å². The van der Waals surface area contributed by atoms with Crippen LogP contribution in [0.5, 0.6) is 0 Å². The van der Waals surface area contributed by atoms with E-state index in [0.717, 1.165) is 24.6 Å². The van der Waals surface area contributed by atoms with Crippen molar-refractivity contribution in [3.63, 3.8) is 0 Å². The topological polar surface area (TPSA) is 16.1 Å². The van der Waals surface area contributed by atoms with Crippen molar-refractivity contribution in [2.24, 2.45) is 0 Å². The van der Waals surface area contributed by atoms with Crippen molar-refractivity contribution >= 4 is 29.0 Å². The fraction of sp³-hybridized carbons (Fsp3) is 0.500. The maximum atomic E-state index is 5.94. The Hall–Kier alpha value is -0.470. The molecule has 14 heavy (non-hydrogen) atoms. The number of rotatable bonds is 2. The van der Waals surface area contributed by atoms with Crippen LogP contribution >= 0.6 is 23.2 Å². The number of anilines is 1. The molecule has 4 heteroatoms. The number of nitrogens with zero attached hydrogens (tertiary/aromatic N) is 2. The molecule has 1 saturated heterocycles. The summed E-state index contributed by atoms with van der Waals surface area (Å²) in [6.07, 6.45) is 2.50. The van der Waals surface area contributed by atoms with E-state index in [9.17, 15) is 0 Å². The highest BCUT2D eigenvalue weighted by Gasteiger charge is 2.14. The number of hydrogen-bond donors (Lipinski definition) is 0. The van der Waals surface area contributed by atoms with Gasteiger partial charge >= 0.3 is 0 Å². The quantitative estimate of drug-likeness (QED) is 0.727. The van der Waals surface area contributed by atoms with Gasteiger partial charge in [0.15, 0.2) is 0 Å². The van der Waals surface area contributed by atoms with Crippen molar-refractivity contribution < 1.29 is 0 Å². The smallest absolute Gasteiger partial charge is 0.128 e. The average molecular weight is 231 g/mol. The summed E-state index contributed by atoms with van der Waals surface area (Å²) < 4.78 is 0. The molecule has 1 aliphatic heterocycles. The van der Waals surface area contributed by atoms with E-state index >= 15 is 0 Å². The fourth-order valence-electron chi connectivity index (χ4n) is 1.69. The average Bonchev–Trinajstić information content (AvgIpc) is 2.71. The Labute approximate surface area is 93.8 Å². The predicted molar refractivity (Wildman–Crippen MR) is 60.3 cm³/mol. The van der Waals surface area contributed by atoms with Crippen LogP contribution in [0.1, 0.15) is 18.5 Å². The molecular formula is C10H12Cl2N2. The summed E-state index contributed by atoms with van der Waals surface area (Å²) in [4.78, 5) is 6.71. The van der Waals surface area contributed by atoms with Crippen LogP contribution in [-0.4, -0.2) is 18.1 Å². The van der Waals surface area contributed by atoms with Crippen LogP contribution in [0, 0.1) is 0 Å². The Kier molecular flexibility index (Phi) is 3.14. The van der Waals surface area contributed by atoms with Gasteiger partial charge in [0.05, 0.1) is 16.6 Å². The van der Waals surface area contributed by atoms with E-state index in [0.29, 0.717) is 10.9 Å². The molecule has 76 valence electrons. The molecule has 0 N–H and O–H groups in total. The molecule has 1 fully saturated rings. The van der Waals surface area contributed by atoms with Gasteiger partial charge in [-0.1, -0.05) is 11.6 Å². The molecule has 0 aliphatic carbocycles. The molecule has 2 rings (SSSR count). The lowest BCUT2D eigenvalue weighted by molar-refractivity contribution is 0.927. The molecule has 0 spiro atoms. The van der Waals surface area contributed by atoms with Gasteiger partial charge < -0.3 is 4.90 Å². The molecule has 0 bridgehead atoms. The molecule has 1 aliphatic rings. The zero-order valence-electron chi connectivity index (χ0n) is 7.84. The summed E-state index contributed by atoms with van der Waals surface area (Å²) in [6, 6.07) is 3.84. The standard InChI is InChI=1S/C10H12Cl2N2/c11-7-9-8(12)3-4-10(13-9)14-5-1-2-6-14/h3-4H,1-2,5-7H2. The van der Waals surface area contributed by atoms with Crippen LogP contribution < -0.4 is 4.90 Å². The van der Waals surface area contributed by atoms with E-state index in [-0.39, 0.29) is 0 Å². The fourth-order valence-corrected chi connectivity index (χ4v) is 2.13. The third-order valence-corrected chi connectivity index (χ3v) is 3.06. The van der Waals surface area contributed by atoms with Crippen LogP contribution in [0.4, 0.5) is 5.82 Å². The summed E-state index contributed by atoms with van der Waals surface area (Å²) in [6.45, 7) is 2.19. The van der Waals surface area contributed by atoms with Gasteiger partial charge in [0.2, 0.25) is 0 Å². The van der Waals surface area contributed by atoms with Crippen molar-refractivity contribution in [2.45, 2.75) is 18.7 Å². The van der Waals surface area contributed by atoms with Crippen molar-refractivity contribution in [3.8, 4) is 0 Å². The van der Waals surface area contributed by atoms with E-state index in [1.165, 1.54) is 12.8 Å². The first-order chi connectivity index (χ1) is 6.81. The monoisotopic (exact) mass is 230 g/mol. The zero-order chi connectivity index (χ0) is 9.97. The molecular weight excluding hydrogens is 219 g/mol. The van der Waals surface area contributed by atoms with Crippen LogP contribution in [0.3, 0.4) is 0 Å². The second-order valence-corrected chi connectivity index (χ2v) is 4.10. The highest BCUT2D eigenvalue weighted by atomic mass is 35.5. The summed E-state index contributed by atoms with van der Waals surface area (Å²) in [5.41, 5.74) is 0.776. The van der Waals surface area contributed by atoms with Crippen LogP contribution in [0.15, 0.2) is 12.1 Å². The molecule has 0 saturated carbocycles. The Morgan fingerprint density at radius 1 is 1.29 bits per heavy atom. The molecule has 0 radical (unpaired) electrons. The van der Waals surface area contributed by atoms with Gasteiger partial charge in [-0.25, -0.2) is 4.98 Å². The van der Waals surface area contributed by atoms with Crippen LogP contribution in [0.2, 0.25) is 5.02 Å². The molecule has 2 heterocycles. The Morgan fingerprint density at radius 3 is 2.64 bits per heavy atom. The lowest BCUT2D eigenvalue weighted by Gasteiger charge is -2.16. The van der Waals surface area contributed by atoms with Crippen molar-refractivity contribution in [2.75, 3.05) is 18.0 Å². The number of aromatic nitrogens is 1. The Balaban J connectivity index is 2.25. The van der Waals surface area contributed by atoms with E-state index in [1.54, 1.807) is 0 Å². The minimum Gasteiger partial charge on any atom is -0.357 e. The summed E-state index contributed by atoms with van der Waals surface area (Å²) in [7, 11) is 0. The van der Waals surface area contributed by atoms with Crippen LogP contribution in [0.25, 0.3) is 0 Å². The minimum absolute atomic E-state index is 0.376. The van der Waals surface area contributed by atoms with Gasteiger partial charge in [0.1, 0.15) is 5.82 Å². The van der Waals surface area contributed by atoms with E-state index in [1.807, 2.05) is 12.1 Å². The van der Waals surface area contributed by atoms with E-state index < -0.39 is 0 Å². The van der Waals surface area contributed by atoms with Gasteiger partial charge in [0.25, 0.3) is 0 Å². The van der Waals surface area contributed by atoms with Crippen molar-refractivity contribution in [3.05, 3.63) is 22.8 Å². The third kappa shape index (κ3) is 1.96. The highest BCUT2D eigenvalue weighted by Crippen LogP contribution is 2.23. The number of halogens is 2. The molecule has 1 aromatic heterocycles. The molecule has 0 unspecified atom stereocenters.